The topological polar surface area (TPSA) is 45.8 Å². The minimum absolute atomic E-state index is 0.105. The van der Waals surface area contributed by atoms with E-state index in [4.69, 9.17) is 0 Å². The number of thioether (sulfide) groups is 1. The van der Waals surface area contributed by atoms with E-state index in [1.165, 1.54) is 12.3 Å². The molecule has 0 aliphatic rings. The summed E-state index contributed by atoms with van der Waals surface area (Å²) in [5, 5.41) is 0.673. The van der Waals surface area contributed by atoms with E-state index in [2.05, 4.69) is 36.4 Å². The number of hydrogen-bond acceptors (Lipinski definition) is 4. The Morgan fingerprint density at radius 1 is 1.64 bits per heavy atom. The molecule has 0 radical (unpaired) electrons. The number of nitrogens with one attached hydrogen (secondary N) is 1. The van der Waals surface area contributed by atoms with Crippen LogP contribution >= 0.6 is 24.4 Å². The molecule has 0 bridgehead atoms. The smallest absolute Gasteiger partial charge is 0.251 e. The number of hydrogen-bond donors (Lipinski definition) is 2. The molecule has 0 fully saturated rings. The molecule has 3 nitrogen and oxygen atoms in total. The van der Waals surface area contributed by atoms with E-state index in [0.717, 1.165) is 11.5 Å². The van der Waals surface area contributed by atoms with Gasteiger partial charge in [-0.2, -0.15) is 12.6 Å². The largest absolute Gasteiger partial charge is 0.301 e. The van der Waals surface area contributed by atoms with Crippen LogP contribution in [0.3, 0.4) is 0 Å². The summed E-state index contributed by atoms with van der Waals surface area (Å²) in [5.41, 5.74) is 0.0496. The maximum atomic E-state index is 11.0. The normalized spacial score (nSPS) is 11.6. The zero-order valence-electron chi connectivity index (χ0n) is 8.28. The average molecular weight is 230 g/mol. The first-order valence-electron chi connectivity index (χ1n) is 4.32. The number of aromatic nitrogens is 2. The standard InChI is InChI=1S/C9H14N2OS2/c1-9(2,5-13)6-14-8-10-4-3-7(12)11-8/h3-4,13H,5-6H2,1-2H3,(H,10,11,12). The van der Waals surface area contributed by atoms with E-state index in [1.807, 2.05) is 0 Å². The third-order valence-electron chi connectivity index (χ3n) is 1.68. The summed E-state index contributed by atoms with van der Waals surface area (Å²) in [6.07, 6.45) is 1.52. The van der Waals surface area contributed by atoms with E-state index < -0.39 is 0 Å². The maximum absolute atomic E-state index is 11.0. The molecular formula is C9H14N2OS2. The monoisotopic (exact) mass is 230 g/mol. The first kappa shape index (κ1) is 11.7. The van der Waals surface area contributed by atoms with Gasteiger partial charge in [0.1, 0.15) is 0 Å². The molecule has 1 heterocycles. The molecule has 0 aliphatic carbocycles. The van der Waals surface area contributed by atoms with Crippen LogP contribution in [-0.4, -0.2) is 21.5 Å². The molecule has 0 unspecified atom stereocenters. The lowest BCUT2D eigenvalue weighted by molar-refractivity contribution is 0.493. The van der Waals surface area contributed by atoms with Gasteiger partial charge in [-0.15, -0.1) is 0 Å². The first-order chi connectivity index (χ1) is 6.53. The van der Waals surface area contributed by atoms with Gasteiger partial charge >= 0.3 is 0 Å². The lowest BCUT2D eigenvalue weighted by Crippen LogP contribution is -2.17. The highest BCUT2D eigenvalue weighted by Crippen LogP contribution is 2.25. The van der Waals surface area contributed by atoms with Crippen molar-refractivity contribution in [2.24, 2.45) is 5.41 Å². The van der Waals surface area contributed by atoms with Gasteiger partial charge in [-0.1, -0.05) is 25.6 Å². The van der Waals surface area contributed by atoms with Gasteiger partial charge in [0.05, 0.1) is 0 Å². The van der Waals surface area contributed by atoms with Crippen molar-refractivity contribution in [1.29, 1.82) is 0 Å². The molecule has 1 aromatic rings. The Morgan fingerprint density at radius 3 is 2.93 bits per heavy atom. The molecule has 78 valence electrons. The molecule has 0 amide bonds. The van der Waals surface area contributed by atoms with Gasteiger partial charge < -0.3 is 4.98 Å². The number of H-pyrrole nitrogens is 1. The second kappa shape index (κ2) is 4.89. The molecule has 0 atom stereocenters. The van der Waals surface area contributed by atoms with Gasteiger partial charge in [0.25, 0.3) is 5.56 Å². The van der Waals surface area contributed by atoms with E-state index in [1.54, 1.807) is 11.8 Å². The second-order valence-corrected chi connectivity index (χ2v) is 5.13. The summed E-state index contributed by atoms with van der Waals surface area (Å²) in [5.74, 6) is 1.71. The SMILES string of the molecule is CC(C)(CS)CSc1nccc(=O)[nH]1. The molecule has 1 rings (SSSR count). The molecule has 0 saturated heterocycles. The van der Waals surface area contributed by atoms with Gasteiger partial charge in [-0.05, 0) is 11.2 Å². The Kier molecular flexibility index (Phi) is 4.07. The van der Waals surface area contributed by atoms with Crippen LogP contribution < -0.4 is 5.56 Å². The van der Waals surface area contributed by atoms with E-state index in [0.29, 0.717) is 5.16 Å². The number of rotatable bonds is 4. The highest BCUT2D eigenvalue weighted by atomic mass is 32.2. The van der Waals surface area contributed by atoms with E-state index in [9.17, 15) is 4.79 Å². The Balaban J connectivity index is 2.58. The van der Waals surface area contributed by atoms with Gasteiger partial charge in [0.15, 0.2) is 5.16 Å². The average Bonchev–Trinajstić information content (AvgIpc) is 2.15. The Morgan fingerprint density at radius 2 is 2.36 bits per heavy atom. The van der Waals surface area contributed by atoms with Crippen molar-refractivity contribution in [3.05, 3.63) is 22.6 Å². The predicted molar refractivity (Wildman–Crippen MR) is 63.2 cm³/mol. The Hall–Kier alpha value is -0.420. The van der Waals surface area contributed by atoms with Crippen molar-refractivity contribution < 1.29 is 0 Å². The van der Waals surface area contributed by atoms with Gasteiger partial charge in [-0.3, -0.25) is 4.79 Å². The summed E-state index contributed by atoms with van der Waals surface area (Å²) in [4.78, 5) is 17.7. The number of nitrogens with zero attached hydrogens (tertiary/aromatic N) is 1. The summed E-state index contributed by atoms with van der Waals surface area (Å²) in [6, 6.07) is 1.41. The lowest BCUT2D eigenvalue weighted by atomic mass is 10.0. The van der Waals surface area contributed by atoms with Crippen LogP contribution in [0.4, 0.5) is 0 Å². The summed E-state index contributed by atoms with van der Waals surface area (Å²) < 4.78 is 0. The lowest BCUT2D eigenvalue weighted by Gasteiger charge is -2.20. The molecular weight excluding hydrogens is 216 g/mol. The number of aromatic amines is 1. The molecule has 1 aromatic heterocycles. The minimum atomic E-state index is -0.105. The van der Waals surface area contributed by atoms with Gasteiger partial charge in [-0.25, -0.2) is 4.98 Å². The van der Waals surface area contributed by atoms with Gasteiger partial charge in [0, 0.05) is 18.0 Å². The zero-order valence-corrected chi connectivity index (χ0v) is 9.99. The zero-order chi connectivity index (χ0) is 10.6. The molecule has 0 aromatic carbocycles. The maximum Gasteiger partial charge on any atom is 0.251 e. The van der Waals surface area contributed by atoms with Crippen LogP contribution in [0.25, 0.3) is 0 Å². The predicted octanol–water partition coefficient (Wildman–Crippen LogP) is 1.82. The third kappa shape index (κ3) is 3.75. The Bertz CT molecular complexity index is 349. The molecule has 0 saturated carbocycles. The Labute approximate surface area is 93.1 Å². The highest BCUT2D eigenvalue weighted by molar-refractivity contribution is 7.99. The van der Waals surface area contributed by atoms with Crippen LogP contribution in [0, 0.1) is 5.41 Å². The quantitative estimate of drug-likeness (QED) is 0.471. The molecule has 1 N–H and O–H groups in total. The minimum Gasteiger partial charge on any atom is -0.301 e. The van der Waals surface area contributed by atoms with Crippen molar-refractivity contribution in [3.8, 4) is 0 Å². The van der Waals surface area contributed by atoms with Crippen LogP contribution in [0.2, 0.25) is 0 Å². The van der Waals surface area contributed by atoms with Crippen molar-refractivity contribution in [1.82, 2.24) is 9.97 Å². The van der Waals surface area contributed by atoms with E-state index >= 15 is 0 Å². The van der Waals surface area contributed by atoms with Crippen LogP contribution in [-0.2, 0) is 0 Å². The fraction of sp³-hybridized carbons (Fsp3) is 0.556. The molecule has 14 heavy (non-hydrogen) atoms. The van der Waals surface area contributed by atoms with E-state index in [-0.39, 0.29) is 11.0 Å². The molecule has 0 spiro atoms. The van der Waals surface area contributed by atoms with Crippen molar-refractivity contribution >= 4 is 24.4 Å². The van der Waals surface area contributed by atoms with Crippen molar-refractivity contribution in [2.75, 3.05) is 11.5 Å². The molecule has 5 heteroatoms. The summed E-state index contributed by atoms with van der Waals surface area (Å²) in [6.45, 7) is 4.27. The summed E-state index contributed by atoms with van der Waals surface area (Å²) in [7, 11) is 0. The molecule has 0 aliphatic heterocycles. The van der Waals surface area contributed by atoms with Crippen molar-refractivity contribution in [2.45, 2.75) is 19.0 Å². The fourth-order valence-electron chi connectivity index (χ4n) is 0.735. The number of thiol groups is 1. The highest BCUT2D eigenvalue weighted by Gasteiger charge is 2.16. The summed E-state index contributed by atoms with van der Waals surface area (Å²) >= 11 is 5.81. The van der Waals surface area contributed by atoms with Gasteiger partial charge in [0.2, 0.25) is 0 Å². The third-order valence-corrected chi connectivity index (χ3v) is 3.94. The van der Waals surface area contributed by atoms with Crippen LogP contribution in [0.1, 0.15) is 13.8 Å². The second-order valence-electron chi connectivity index (χ2n) is 3.85. The van der Waals surface area contributed by atoms with Crippen molar-refractivity contribution in [3.63, 3.8) is 0 Å². The first-order valence-corrected chi connectivity index (χ1v) is 5.94. The fourth-order valence-corrected chi connectivity index (χ4v) is 1.94. The van der Waals surface area contributed by atoms with Crippen LogP contribution in [0.15, 0.2) is 22.2 Å². The van der Waals surface area contributed by atoms with Crippen LogP contribution in [0.5, 0.6) is 0 Å².